The van der Waals surface area contributed by atoms with E-state index in [4.69, 9.17) is 9.47 Å². The number of hydrogen-bond donors (Lipinski definition) is 1. The van der Waals surface area contributed by atoms with Crippen LogP contribution in [0.1, 0.15) is 71.6 Å². The summed E-state index contributed by atoms with van der Waals surface area (Å²) in [5.74, 6) is 1.25. The van der Waals surface area contributed by atoms with E-state index >= 15 is 0 Å². The highest BCUT2D eigenvalue weighted by molar-refractivity contribution is 9.09. The van der Waals surface area contributed by atoms with Crippen molar-refractivity contribution in [3.05, 3.63) is 11.6 Å². The van der Waals surface area contributed by atoms with E-state index in [-0.39, 0.29) is 40.1 Å². The second-order valence-corrected chi connectivity index (χ2v) is 11.9. The van der Waals surface area contributed by atoms with Crippen LogP contribution in [-0.4, -0.2) is 40.7 Å². The number of ether oxygens (including phenoxy) is 2. The normalized spacial score (nSPS) is 48.8. The van der Waals surface area contributed by atoms with Gasteiger partial charge in [-0.05, 0) is 92.4 Å². The zero-order valence-corrected chi connectivity index (χ0v) is 20.3. The van der Waals surface area contributed by atoms with Gasteiger partial charge in [-0.25, -0.2) is 4.79 Å². The van der Waals surface area contributed by atoms with Crippen molar-refractivity contribution >= 4 is 27.9 Å². The molecule has 1 aliphatic heterocycles. The van der Waals surface area contributed by atoms with Crippen molar-refractivity contribution in [3.63, 3.8) is 0 Å². The molecule has 0 spiro atoms. The van der Waals surface area contributed by atoms with Crippen LogP contribution in [0, 0.1) is 34.5 Å². The first-order chi connectivity index (χ1) is 14.7. The fourth-order valence-corrected chi connectivity index (χ4v) is 8.83. The van der Waals surface area contributed by atoms with E-state index < -0.39 is 5.60 Å². The summed E-state index contributed by atoms with van der Waals surface area (Å²) in [6.45, 7) is 5.12. The number of carbonyl (C=O) groups excluding carboxylic acids is 2. The molecule has 0 aromatic heterocycles. The molecule has 0 aromatic rings. The second-order valence-electron chi connectivity index (χ2n) is 11.3. The van der Waals surface area contributed by atoms with Crippen LogP contribution in [0.15, 0.2) is 11.6 Å². The zero-order valence-electron chi connectivity index (χ0n) is 18.7. The molecule has 4 aliphatic carbocycles. The third-order valence-corrected chi connectivity index (χ3v) is 10.8. The molecule has 8 unspecified atom stereocenters. The molecule has 5 rings (SSSR count). The van der Waals surface area contributed by atoms with Crippen LogP contribution in [0.25, 0.3) is 0 Å². The number of hydrogen-bond acceptors (Lipinski definition) is 5. The fraction of sp³-hybridized carbons (Fsp3) is 0.840. The van der Waals surface area contributed by atoms with Gasteiger partial charge in [0.1, 0.15) is 18.0 Å². The lowest BCUT2D eigenvalue weighted by Gasteiger charge is -2.63. The minimum Gasteiger partial charge on any atom is -0.462 e. The summed E-state index contributed by atoms with van der Waals surface area (Å²) in [6.07, 6.45) is 10.8. The Bertz CT molecular complexity index is 810. The maximum absolute atomic E-state index is 12.2. The lowest BCUT2D eigenvalue weighted by atomic mass is 9.43. The van der Waals surface area contributed by atoms with Gasteiger partial charge < -0.3 is 14.6 Å². The average molecular weight is 495 g/mol. The molecule has 6 heteroatoms. The molecule has 0 amide bonds. The molecule has 4 saturated carbocycles. The van der Waals surface area contributed by atoms with E-state index in [2.05, 4.69) is 29.8 Å². The first-order valence-electron chi connectivity index (χ1n) is 12.1. The summed E-state index contributed by atoms with van der Waals surface area (Å²) in [5, 5.41) is 12.5. The molecule has 1 N–H and O–H groups in total. The van der Waals surface area contributed by atoms with Gasteiger partial charge in [0, 0.05) is 11.5 Å². The molecular formula is C25H35BrO5. The Morgan fingerprint density at radius 3 is 2.68 bits per heavy atom. The predicted octanol–water partition coefficient (Wildman–Crippen LogP) is 4.55. The third kappa shape index (κ3) is 3.18. The maximum atomic E-state index is 12.2. The predicted molar refractivity (Wildman–Crippen MR) is 119 cm³/mol. The topological polar surface area (TPSA) is 72.8 Å². The highest BCUT2D eigenvalue weighted by Crippen LogP contribution is 2.70. The van der Waals surface area contributed by atoms with Gasteiger partial charge in [0.15, 0.2) is 0 Å². The lowest BCUT2D eigenvalue weighted by Crippen LogP contribution is -2.62. The Kier molecular flexibility index (Phi) is 5.36. The monoisotopic (exact) mass is 494 g/mol. The van der Waals surface area contributed by atoms with E-state index in [9.17, 15) is 14.7 Å². The van der Waals surface area contributed by atoms with Gasteiger partial charge in [0.05, 0.1) is 5.60 Å². The number of rotatable bonds is 3. The summed E-state index contributed by atoms with van der Waals surface area (Å²) >= 11 is 3.20. The van der Waals surface area contributed by atoms with Gasteiger partial charge in [-0.1, -0.05) is 29.8 Å². The maximum Gasteiger partial charge on any atom is 0.331 e. The smallest absolute Gasteiger partial charge is 0.331 e. The van der Waals surface area contributed by atoms with Crippen LogP contribution in [-0.2, 0) is 19.1 Å². The third-order valence-electron chi connectivity index (χ3n) is 10.3. The molecule has 0 radical (unpaired) electrons. The van der Waals surface area contributed by atoms with E-state index in [0.29, 0.717) is 24.4 Å². The molecule has 5 nitrogen and oxygen atoms in total. The van der Waals surface area contributed by atoms with Crippen molar-refractivity contribution in [2.75, 3.05) is 11.9 Å². The molecule has 172 valence electrons. The van der Waals surface area contributed by atoms with E-state index in [1.165, 1.54) is 0 Å². The minimum atomic E-state index is -0.666. The Morgan fingerprint density at radius 1 is 1.16 bits per heavy atom. The molecule has 1 heterocycles. The standard InChI is InChI=1S/C25H35BrO5/c1-23-8-5-17(31-22(28)13-26)12-16(23)3-4-20-19(23)6-9-24(2)18(7-10-25(20,24)29)15-11-21(27)30-14-15/h11,16-20,29H,3-10,12-14H2,1-2H3. The molecule has 0 bridgehead atoms. The molecule has 8 atom stereocenters. The summed E-state index contributed by atoms with van der Waals surface area (Å²) in [4.78, 5) is 23.5. The first-order valence-corrected chi connectivity index (χ1v) is 13.2. The summed E-state index contributed by atoms with van der Waals surface area (Å²) < 4.78 is 10.9. The van der Waals surface area contributed by atoms with Gasteiger partial charge >= 0.3 is 11.9 Å². The zero-order chi connectivity index (χ0) is 22.0. The fourth-order valence-electron chi connectivity index (χ4n) is 8.69. The number of halogens is 1. The van der Waals surface area contributed by atoms with Crippen molar-refractivity contribution in [3.8, 4) is 0 Å². The quantitative estimate of drug-likeness (QED) is 0.460. The SMILES string of the molecule is CC12CCC(OC(=O)CBr)CC1CCC1C2CCC2(C)C(C3=CC(=O)OC3)CCC12O. The van der Waals surface area contributed by atoms with Crippen molar-refractivity contribution in [1.29, 1.82) is 0 Å². The van der Waals surface area contributed by atoms with Crippen LogP contribution in [0.3, 0.4) is 0 Å². The summed E-state index contributed by atoms with van der Waals surface area (Å²) in [7, 11) is 0. The number of cyclic esters (lactones) is 1. The Balaban J connectivity index is 1.37. The number of fused-ring (bicyclic) bond motifs is 5. The van der Waals surface area contributed by atoms with Gasteiger partial charge in [0.25, 0.3) is 0 Å². The van der Waals surface area contributed by atoms with Crippen molar-refractivity contribution in [2.45, 2.75) is 83.3 Å². The van der Waals surface area contributed by atoms with Crippen molar-refractivity contribution < 1.29 is 24.2 Å². The Labute approximate surface area is 193 Å². The molecule has 4 fully saturated rings. The highest BCUT2D eigenvalue weighted by Gasteiger charge is 2.67. The summed E-state index contributed by atoms with van der Waals surface area (Å²) in [5.41, 5.74) is 0.456. The van der Waals surface area contributed by atoms with Crippen molar-refractivity contribution in [1.82, 2.24) is 0 Å². The van der Waals surface area contributed by atoms with Gasteiger partial charge in [0.2, 0.25) is 0 Å². The van der Waals surface area contributed by atoms with Crippen molar-refractivity contribution in [2.24, 2.45) is 34.5 Å². The number of aliphatic hydroxyl groups is 1. The van der Waals surface area contributed by atoms with Crippen LogP contribution < -0.4 is 0 Å². The number of alkyl halides is 1. The lowest BCUT2D eigenvalue weighted by molar-refractivity contribution is -0.209. The highest BCUT2D eigenvalue weighted by atomic mass is 79.9. The van der Waals surface area contributed by atoms with Gasteiger partial charge in [-0.2, -0.15) is 0 Å². The average Bonchev–Trinajstić information content (AvgIpc) is 3.28. The van der Waals surface area contributed by atoms with Crippen LogP contribution in [0.4, 0.5) is 0 Å². The molecule has 0 aromatic carbocycles. The Morgan fingerprint density at radius 2 is 1.97 bits per heavy atom. The molecule has 5 aliphatic rings. The molecule has 0 saturated heterocycles. The van der Waals surface area contributed by atoms with E-state index in [1.54, 1.807) is 6.08 Å². The number of esters is 2. The number of carbonyl (C=O) groups is 2. The van der Waals surface area contributed by atoms with Gasteiger partial charge in [-0.15, -0.1) is 0 Å². The summed E-state index contributed by atoms with van der Waals surface area (Å²) in [6, 6.07) is 0. The Hall–Kier alpha value is -0.880. The molecular weight excluding hydrogens is 460 g/mol. The van der Waals surface area contributed by atoms with Crippen LogP contribution in [0.5, 0.6) is 0 Å². The van der Waals surface area contributed by atoms with Crippen LogP contribution in [0.2, 0.25) is 0 Å². The largest absolute Gasteiger partial charge is 0.462 e. The van der Waals surface area contributed by atoms with E-state index in [1.807, 2.05) is 0 Å². The first kappa shape index (κ1) is 21.9. The van der Waals surface area contributed by atoms with E-state index in [0.717, 1.165) is 63.4 Å². The van der Waals surface area contributed by atoms with Crippen LogP contribution >= 0.6 is 15.9 Å². The minimum absolute atomic E-state index is 0.0410. The molecule has 31 heavy (non-hydrogen) atoms. The second kappa shape index (κ2) is 7.58. The van der Waals surface area contributed by atoms with Gasteiger partial charge in [-0.3, -0.25) is 4.79 Å².